The highest BCUT2D eigenvalue weighted by molar-refractivity contribution is 7.99. The van der Waals surface area contributed by atoms with Crippen molar-refractivity contribution in [2.45, 2.75) is 54.8 Å². The lowest BCUT2D eigenvalue weighted by atomic mass is 9.95. The SMILES string of the molecule is CCOC1[C@@H](Sc2cc(Cl)cnc2C)OC2COC(c3ccccc3)O[C@@H]2[C@@H]1n1cc(-c2csc(N)n2)nn1. The van der Waals surface area contributed by atoms with E-state index >= 15 is 0 Å². The molecule has 10 nitrogen and oxygen atoms in total. The average molecular weight is 587 g/mol. The van der Waals surface area contributed by atoms with Gasteiger partial charge < -0.3 is 24.7 Å². The summed E-state index contributed by atoms with van der Waals surface area (Å²) in [5, 5.41) is 11.8. The molecule has 204 valence electrons. The molecule has 5 heterocycles. The van der Waals surface area contributed by atoms with Gasteiger partial charge in [-0.3, -0.25) is 4.98 Å². The average Bonchev–Trinajstić information content (AvgIpc) is 3.60. The molecule has 1 aromatic carbocycles. The van der Waals surface area contributed by atoms with Crippen molar-refractivity contribution in [1.29, 1.82) is 0 Å². The summed E-state index contributed by atoms with van der Waals surface area (Å²) in [5.74, 6) is 0. The summed E-state index contributed by atoms with van der Waals surface area (Å²) in [7, 11) is 0. The molecular formula is C26H27ClN6O4S2. The first-order valence-corrected chi connectivity index (χ1v) is 14.6. The maximum absolute atomic E-state index is 6.61. The quantitative estimate of drug-likeness (QED) is 0.319. The number of hydrogen-bond donors (Lipinski definition) is 1. The normalized spacial score (nSPS) is 26.8. The van der Waals surface area contributed by atoms with E-state index in [1.807, 2.05) is 61.8 Å². The molecule has 39 heavy (non-hydrogen) atoms. The molecule has 2 aliphatic rings. The minimum absolute atomic E-state index is 0.341. The van der Waals surface area contributed by atoms with Crippen LogP contribution in [0.1, 0.15) is 30.5 Å². The minimum Gasteiger partial charge on any atom is -0.375 e. The minimum atomic E-state index is -0.550. The molecule has 3 aromatic heterocycles. The van der Waals surface area contributed by atoms with Crippen LogP contribution >= 0.6 is 34.7 Å². The highest BCUT2D eigenvalue weighted by Crippen LogP contribution is 2.45. The highest BCUT2D eigenvalue weighted by Gasteiger charge is 2.52. The maximum Gasteiger partial charge on any atom is 0.184 e. The predicted octanol–water partition coefficient (Wildman–Crippen LogP) is 4.92. The Bertz CT molecular complexity index is 1420. The molecule has 0 radical (unpaired) electrons. The maximum atomic E-state index is 6.61. The second-order valence-corrected chi connectivity index (χ2v) is 11.6. The van der Waals surface area contributed by atoms with Gasteiger partial charge >= 0.3 is 0 Å². The number of nitrogen functional groups attached to an aromatic ring is 1. The van der Waals surface area contributed by atoms with Gasteiger partial charge in [0.25, 0.3) is 0 Å². The van der Waals surface area contributed by atoms with Gasteiger partial charge in [-0.25, -0.2) is 9.67 Å². The van der Waals surface area contributed by atoms with E-state index in [0.717, 1.165) is 16.2 Å². The number of anilines is 1. The number of nitrogens with zero attached hydrogens (tertiary/aromatic N) is 5. The van der Waals surface area contributed by atoms with Crippen molar-refractivity contribution in [2.24, 2.45) is 0 Å². The first kappa shape index (κ1) is 26.6. The lowest BCUT2D eigenvalue weighted by Gasteiger charge is -2.49. The van der Waals surface area contributed by atoms with E-state index in [4.69, 9.17) is 36.3 Å². The van der Waals surface area contributed by atoms with Crippen molar-refractivity contribution in [2.75, 3.05) is 18.9 Å². The third kappa shape index (κ3) is 5.55. The number of rotatable bonds is 7. The molecule has 0 spiro atoms. The fourth-order valence-corrected chi connectivity index (χ4v) is 6.81. The fourth-order valence-electron chi connectivity index (χ4n) is 4.79. The summed E-state index contributed by atoms with van der Waals surface area (Å²) >= 11 is 9.15. The number of nitrogens with two attached hydrogens (primary N) is 1. The largest absolute Gasteiger partial charge is 0.375 e. The zero-order valence-corrected chi connectivity index (χ0v) is 23.6. The van der Waals surface area contributed by atoms with Gasteiger partial charge in [-0.2, -0.15) is 0 Å². The molecule has 4 aromatic rings. The van der Waals surface area contributed by atoms with Crippen molar-refractivity contribution in [1.82, 2.24) is 25.0 Å². The van der Waals surface area contributed by atoms with Gasteiger partial charge in [0.1, 0.15) is 41.2 Å². The smallest absolute Gasteiger partial charge is 0.184 e. The Morgan fingerprint density at radius 2 is 2.08 bits per heavy atom. The molecule has 6 rings (SSSR count). The van der Waals surface area contributed by atoms with Crippen molar-refractivity contribution >= 4 is 39.8 Å². The lowest BCUT2D eigenvalue weighted by molar-refractivity contribution is -0.309. The van der Waals surface area contributed by atoms with Crippen molar-refractivity contribution in [3.63, 3.8) is 0 Å². The summed E-state index contributed by atoms with van der Waals surface area (Å²) in [6, 6.07) is 11.4. The number of pyridine rings is 1. The Morgan fingerprint density at radius 3 is 2.85 bits per heavy atom. The van der Waals surface area contributed by atoms with Gasteiger partial charge in [-0.1, -0.05) is 58.9 Å². The van der Waals surface area contributed by atoms with Gasteiger partial charge in [-0.15, -0.1) is 16.4 Å². The summed E-state index contributed by atoms with van der Waals surface area (Å²) < 4.78 is 27.5. The topological polar surface area (TPSA) is 119 Å². The number of aryl methyl sites for hydroxylation is 1. The Morgan fingerprint density at radius 1 is 1.23 bits per heavy atom. The number of ether oxygens (including phenoxy) is 4. The van der Waals surface area contributed by atoms with Crippen LogP contribution in [0.5, 0.6) is 0 Å². The van der Waals surface area contributed by atoms with E-state index in [-0.39, 0.29) is 12.1 Å². The fraction of sp³-hybridized carbons (Fsp3) is 0.385. The molecule has 2 aliphatic heterocycles. The second kappa shape index (κ2) is 11.5. The molecule has 0 aliphatic carbocycles. The first-order chi connectivity index (χ1) is 19.0. The van der Waals surface area contributed by atoms with Crippen molar-refractivity contribution in [3.8, 4) is 11.4 Å². The van der Waals surface area contributed by atoms with Crippen LogP contribution in [0, 0.1) is 6.92 Å². The first-order valence-electron chi connectivity index (χ1n) is 12.5. The van der Waals surface area contributed by atoms with Crippen LogP contribution in [0.2, 0.25) is 5.02 Å². The number of halogens is 1. The van der Waals surface area contributed by atoms with Gasteiger partial charge in [0.05, 0.1) is 23.5 Å². The molecule has 0 amide bonds. The molecule has 2 saturated heterocycles. The van der Waals surface area contributed by atoms with E-state index in [2.05, 4.69) is 20.3 Å². The van der Waals surface area contributed by atoms with Crippen LogP contribution in [0.3, 0.4) is 0 Å². The Balaban J connectivity index is 1.38. The number of fused-ring (bicyclic) bond motifs is 1. The standard InChI is InChI=1S/C26H27ClN6O4S2/c1-3-34-23-21(33-11-17(31-32-33)18-13-38-26(28)30-18)22-19(12-35-24(37-22)15-7-5-4-6-8-15)36-25(23)39-20-9-16(27)10-29-14(20)2/h4-11,13,19,21-25H,3,12H2,1-2H3,(H2,28,30)/t19?,21-,22-,23?,24?,25+/m0/s1. The number of aromatic nitrogens is 5. The van der Waals surface area contributed by atoms with Gasteiger partial charge in [0.15, 0.2) is 11.4 Å². The van der Waals surface area contributed by atoms with Crippen LogP contribution in [0.4, 0.5) is 5.13 Å². The Kier molecular flexibility index (Phi) is 7.85. The van der Waals surface area contributed by atoms with Gasteiger partial charge in [0.2, 0.25) is 0 Å². The van der Waals surface area contributed by atoms with Crippen molar-refractivity contribution < 1.29 is 18.9 Å². The summed E-state index contributed by atoms with van der Waals surface area (Å²) in [6.07, 6.45) is 1.70. The van der Waals surface area contributed by atoms with E-state index in [1.165, 1.54) is 23.1 Å². The zero-order chi connectivity index (χ0) is 26.9. The van der Waals surface area contributed by atoms with Crippen LogP contribution < -0.4 is 5.73 Å². The van der Waals surface area contributed by atoms with Crippen LogP contribution in [0.15, 0.2) is 59.1 Å². The summed E-state index contributed by atoms with van der Waals surface area (Å²) in [6.45, 7) is 4.71. The van der Waals surface area contributed by atoms with Crippen LogP contribution in [-0.4, -0.2) is 61.9 Å². The molecule has 13 heteroatoms. The van der Waals surface area contributed by atoms with Gasteiger partial charge in [0, 0.05) is 28.6 Å². The lowest BCUT2D eigenvalue weighted by Crippen LogP contribution is -2.59. The molecular weight excluding hydrogens is 560 g/mol. The third-order valence-electron chi connectivity index (χ3n) is 6.59. The van der Waals surface area contributed by atoms with E-state index in [0.29, 0.717) is 34.8 Å². The number of hydrogen-bond acceptors (Lipinski definition) is 11. The third-order valence-corrected chi connectivity index (χ3v) is 8.75. The molecule has 2 N–H and O–H groups in total. The zero-order valence-electron chi connectivity index (χ0n) is 21.2. The number of thiazole rings is 1. The van der Waals surface area contributed by atoms with Crippen LogP contribution in [0.25, 0.3) is 11.4 Å². The second-order valence-electron chi connectivity index (χ2n) is 9.14. The molecule has 3 unspecified atom stereocenters. The van der Waals surface area contributed by atoms with Gasteiger partial charge in [-0.05, 0) is 19.9 Å². The molecule has 2 fully saturated rings. The predicted molar refractivity (Wildman–Crippen MR) is 149 cm³/mol. The molecule has 6 atom stereocenters. The van der Waals surface area contributed by atoms with E-state index < -0.39 is 23.9 Å². The van der Waals surface area contributed by atoms with Crippen molar-refractivity contribution in [3.05, 3.63) is 70.5 Å². The number of thioether (sulfide) groups is 1. The Labute approximate surface area is 238 Å². The van der Waals surface area contributed by atoms with Crippen LogP contribution in [-0.2, 0) is 18.9 Å². The van der Waals surface area contributed by atoms with E-state index in [1.54, 1.807) is 10.9 Å². The summed E-state index contributed by atoms with van der Waals surface area (Å²) in [5.41, 5.74) is 8.51. The monoisotopic (exact) mass is 586 g/mol. The molecule has 0 saturated carbocycles. The summed E-state index contributed by atoms with van der Waals surface area (Å²) in [4.78, 5) is 9.69. The molecule has 0 bridgehead atoms. The van der Waals surface area contributed by atoms with E-state index in [9.17, 15) is 0 Å². The highest BCUT2D eigenvalue weighted by atomic mass is 35.5. The Hall–Kier alpha value is -2.58. The number of benzene rings is 1.